The Morgan fingerprint density at radius 2 is 2.25 bits per heavy atom. The van der Waals surface area contributed by atoms with Crippen LogP contribution in [0, 0.1) is 5.41 Å². The molecule has 2 saturated heterocycles. The summed E-state index contributed by atoms with van der Waals surface area (Å²) in [5.74, 6) is 0.284. The lowest BCUT2D eigenvalue weighted by Gasteiger charge is -2.39. The third-order valence-corrected chi connectivity index (χ3v) is 4.54. The number of carbonyl (C=O) groups is 2. The van der Waals surface area contributed by atoms with Gasteiger partial charge in [-0.3, -0.25) is 9.59 Å². The van der Waals surface area contributed by atoms with Crippen molar-refractivity contribution in [2.75, 3.05) is 26.2 Å². The second-order valence-electron chi connectivity index (χ2n) is 6.25. The monoisotopic (exact) mass is 281 g/mol. The number of nitrogens with zero attached hydrogens (tertiary/aromatic N) is 1. The van der Waals surface area contributed by atoms with Crippen molar-refractivity contribution in [1.82, 2.24) is 15.5 Å². The van der Waals surface area contributed by atoms with E-state index in [1.54, 1.807) is 0 Å². The lowest BCUT2D eigenvalue weighted by atomic mass is 9.76. The van der Waals surface area contributed by atoms with E-state index in [0.29, 0.717) is 12.5 Å². The Labute approximate surface area is 121 Å². The quantitative estimate of drug-likeness (QED) is 0.804. The van der Waals surface area contributed by atoms with E-state index < -0.39 is 0 Å². The van der Waals surface area contributed by atoms with Gasteiger partial charge in [0, 0.05) is 32.6 Å². The average molecular weight is 281 g/mol. The van der Waals surface area contributed by atoms with Crippen molar-refractivity contribution < 1.29 is 9.59 Å². The van der Waals surface area contributed by atoms with Crippen LogP contribution in [0.2, 0.25) is 0 Å². The van der Waals surface area contributed by atoms with Crippen LogP contribution in [0.1, 0.15) is 46.0 Å². The second kappa shape index (κ2) is 6.57. The molecule has 0 saturated carbocycles. The maximum atomic E-state index is 12.9. The van der Waals surface area contributed by atoms with Crippen molar-refractivity contribution in [3.05, 3.63) is 0 Å². The van der Waals surface area contributed by atoms with Crippen LogP contribution >= 0.6 is 0 Å². The smallest absolute Gasteiger partial charge is 0.230 e. The molecule has 2 rings (SSSR count). The van der Waals surface area contributed by atoms with Crippen molar-refractivity contribution in [2.45, 2.75) is 52.0 Å². The molecule has 2 N–H and O–H groups in total. The highest BCUT2D eigenvalue weighted by molar-refractivity contribution is 5.83. The summed E-state index contributed by atoms with van der Waals surface area (Å²) in [5.41, 5.74) is -0.210. The van der Waals surface area contributed by atoms with Crippen LogP contribution in [0.3, 0.4) is 0 Å². The Morgan fingerprint density at radius 3 is 2.85 bits per heavy atom. The first kappa shape index (κ1) is 15.3. The highest BCUT2D eigenvalue weighted by Gasteiger charge is 2.43. The molecule has 2 unspecified atom stereocenters. The molecule has 0 aromatic carbocycles. The van der Waals surface area contributed by atoms with Crippen LogP contribution in [0.5, 0.6) is 0 Å². The van der Waals surface area contributed by atoms with E-state index in [1.165, 1.54) is 6.92 Å². The van der Waals surface area contributed by atoms with Gasteiger partial charge < -0.3 is 15.5 Å². The fraction of sp³-hybridized carbons (Fsp3) is 0.867. The molecule has 114 valence electrons. The zero-order chi connectivity index (χ0) is 14.6. The average Bonchev–Trinajstić information content (AvgIpc) is 2.87. The predicted octanol–water partition coefficient (Wildman–Crippen LogP) is 0.893. The second-order valence-corrected chi connectivity index (χ2v) is 6.25. The summed E-state index contributed by atoms with van der Waals surface area (Å²) in [6.45, 7) is 6.95. The highest BCUT2D eigenvalue weighted by atomic mass is 16.2. The van der Waals surface area contributed by atoms with Gasteiger partial charge in [0.15, 0.2) is 0 Å². The Bertz CT molecular complexity index is 359. The molecule has 2 aliphatic heterocycles. The number of nitrogens with one attached hydrogen (secondary N) is 2. The molecule has 2 amide bonds. The fourth-order valence-electron chi connectivity index (χ4n) is 3.63. The van der Waals surface area contributed by atoms with Gasteiger partial charge in [0.1, 0.15) is 0 Å². The number of piperidine rings is 1. The highest BCUT2D eigenvalue weighted by Crippen LogP contribution is 2.34. The van der Waals surface area contributed by atoms with E-state index in [-0.39, 0.29) is 17.4 Å². The third-order valence-electron chi connectivity index (χ3n) is 4.54. The SMILES string of the molecule is CCCC1(C(=O)N2CCC(NC(C)=O)C2)CCCNC1. The maximum Gasteiger partial charge on any atom is 0.230 e. The Balaban J connectivity index is 2.00. The van der Waals surface area contributed by atoms with Crippen LogP contribution in [0.4, 0.5) is 0 Å². The van der Waals surface area contributed by atoms with Crippen LogP contribution in [0.25, 0.3) is 0 Å². The number of hydrogen-bond donors (Lipinski definition) is 2. The van der Waals surface area contributed by atoms with E-state index in [0.717, 1.165) is 51.7 Å². The van der Waals surface area contributed by atoms with Crippen molar-refractivity contribution in [1.29, 1.82) is 0 Å². The summed E-state index contributed by atoms with van der Waals surface area (Å²) in [6.07, 6.45) is 4.94. The number of carbonyl (C=O) groups excluding carboxylic acids is 2. The molecule has 2 aliphatic rings. The first-order valence-electron chi connectivity index (χ1n) is 7.84. The fourth-order valence-corrected chi connectivity index (χ4v) is 3.63. The van der Waals surface area contributed by atoms with Gasteiger partial charge in [0.05, 0.1) is 5.41 Å². The molecule has 0 spiro atoms. The minimum atomic E-state index is -0.210. The molecule has 2 fully saturated rings. The molecule has 5 heteroatoms. The topological polar surface area (TPSA) is 61.4 Å². The molecular weight excluding hydrogens is 254 g/mol. The zero-order valence-electron chi connectivity index (χ0n) is 12.7. The number of hydrogen-bond acceptors (Lipinski definition) is 3. The lowest BCUT2D eigenvalue weighted by Crippen LogP contribution is -2.52. The molecule has 2 heterocycles. The summed E-state index contributed by atoms with van der Waals surface area (Å²) in [7, 11) is 0. The van der Waals surface area contributed by atoms with Gasteiger partial charge in [-0.05, 0) is 32.2 Å². The van der Waals surface area contributed by atoms with Crippen LogP contribution < -0.4 is 10.6 Å². The molecule has 5 nitrogen and oxygen atoms in total. The van der Waals surface area contributed by atoms with E-state index >= 15 is 0 Å². The van der Waals surface area contributed by atoms with Gasteiger partial charge in [0.2, 0.25) is 11.8 Å². The van der Waals surface area contributed by atoms with E-state index in [1.807, 2.05) is 4.90 Å². The summed E-state index contributed by atoms with van der Waals surface area (Å²) < 4.78 is 0. The lowest BCUT2D eigenvalue weighted by molar-refractivity contribution is -0.143. The van der Waals surface area contributed by atoms with E-state index in [2.05, 4.69) is 17.6 Å². The largest absolute Gasteiger partial charge is 0.352 e. The molecule has 20 heavy (non-hydrogen) atoms. The summed E-state index contributed by atoms with van der Waals surface area (Å²) in [6, 6.07) is 0.131. The maximum absolute atomic E-state index is 12.9. The molecule has 0 radical (unpaired) electrons. The van der Waals surface area contributed by atoms with Crippen LogP contribution in [-0.4, -0.2) is 48.9 Å². The standard InChI is InChI=1S/C15H27N3O2/c1-3-6-15(7-4-8-16-11-15)14(20)18-9-5-13(10-18)17-12(2)19/h13,16H,3-11H2,1-2H3,(H,17,19). The summed E-state index contributed by atoms with van der Waals surface area (Å²) in [5, 5.41) is 6.32. The first-order valence-corrected chi connectivity index (χ1v) is 7.84. The van der Waals surface area contributed by atoms with Crippen molar-refractivity contribution in [3.63, 3.8) is 0 Å². The first-order chi connectivity index (χ1) is 9.57. The van der Waals surface area contributed by atoms with E-state index in [9.17, 15) is 9.59 Å². The van der Waals surface area contributed by atoms with Crippen LogP contribution in [-0.2, 0) is 9.59 Å². The van der Waals surface area contributed by atoms with Gasteiger partial charge in [-0.15, -0.1) is 0 Å². The van der Waals surface area contributed by atoms with Crippen molar-refractivity contribution >= 4 is 11.8 Å². The van der Waals surface area contributed by atoms with Crippen molar-refractivity contribution in [2.24, 2.45) is 5.41 Å². The van der Waals surface area contributed by atoms with Crippen LogP contribution in [0.15, 0.2) is 0 Å². The molecule has 0 aromatic heterocycles. The number of rotatable bonds is 4. The normalized spacial score (nSPS) is 30.3. The minimum absolute atomic E-state index is 0.00750. The van der Waals surface area contributed by atoms with Gasteiger partial charge >= 0.3 is 0 Å². The van der Waals surface area contributed by atoms with Gasteiger partial charge in [-0.1, -0.05) is 13.3 Å². The minimum Gasteiger partial charge on any atom is -0.352 e. The van der Waals surface area contributed by atoms with Gasteiger partial charge in [-0.25, -0.2) is 0 Å². The Kier molecular flexibility index (Phi) is 5.02. The Hall–Kier alpha value is -1.10. The number of amides is 2. The number of likely N-dealkylation sites (tertiary alicyclic amines) is 1. The molecule has 0 bridgehead atoms. The van der Waals surface area contributed by atoms with Gasteiger partial charge in [0.25, 0.3) is 0 Å². The zero-order valence-corrected chi connectivity index (χ0v) is 12.7. The molecule has 0 aromatic rings. The van der Waals surface area contributed by atoms with Gasteiger partial charge in [-0.2, -0.15) is 0 Å². The predicted molar refractivity (Wildman–Crippen MR) is 78.2 cm³/mol. The molecular formula is C15H27N3O2. The summed E-state index contributed by atoms with van der Waals surface area (Å²) >= 11 is 0. The Morgan fingerprint density at radius 1 is 1.45 bits per heavy atom. The van der Waals surface area contributed by atoms with Crippen molar-refractivity contribution in [3.8, 4) is 0 Å². The summed E-state index contributed by atoms with van der Waals surface area (Å²) in [4.78, 5) is 26.0. The molecule has 2 atom stereocenters. The third kappa shape index (κ3) is 3.32. The van der Waals surface area contributed by atoms with E-state index in [4.69, 9.17) is 0 Å². The molecule has 0 aliphatic carbocycles.